The summed E-state index contributed by atoms with van der Waals surface area (Å²) in [6.45, 7) is 1.81. The van der Waals surface area contributed by atoms with E-state index in [4.69, 9.17) is 16.7 Å². The Morgan fingerprint density at radius 2 is 2.05 bits per heavy atom. The molecule has 0 aromatic heterocycles. The van der Waals surface area contributed by atoms with Crippen molar-refractivity contribution in [3.05, 3.63) is 58.9 Å². The molecule has 0 bridgehead atoms. The minimum atomic E-state index is -0.869. The molecule has 1 atom stereocenters. The average Bonchev–Trinajstić information content (AvgIpc) is 2.38. The van der Waals surface area contributed by atoms with E-state index in [9.17, 15) is 9.18 Å². The quantitative estimate of drug-likeness (QED) is 0.885. The summed E-state index contributed by atoms with van der Waals surface area (Å²) in [5.41, 5.74) is 1.91. The summed E-state index contributed by atoms with van der Waals surface area (Å²) >= 11 is 5.92. The number of hydrogen-bond donors (Lipinski definition) is 1. The Hall–Kier alpha value is -1.87. The standard InChI is InChI=1S/C16H14ClFO2/c1-10(7-16(19)20)11-5-6-15(18)14(9-11)12-3-2-4-13(17)8-12/h2-6,8-10H,7H2,1H3,(H,19,20). The molecule has 0 heterocycles. The molecule has 4 heteroatoms. The van der Waals surface area contributed by atoms with Crippen LogP contribution in [0.25, 0.3) is 11.1 Å². The second-order valence-electron chi connectivity index (χ2n) is 4.75. The third kappa shape index (κ3) is 3.36. The molecule has 0 amide bonds. The van der Waals surface area contributed by atoms with Crippen molar-refractivity contribution in [2.75, 3.05) is 0 Å². The Morgan fingerprint density at radius 3 is 2.70 bits per heavy atom. The van der Waals surface area contributed by atoms with Gasteiger partial charge in [0.15, 0.2) is 0 Å². The molecule has 0 fully saturated rings. The van der Waals surface area contributed by atoms with E-state index in [1.54, 1.807) is 36.4 Å². The molecule has 2 nitrogen and oxygen atoms in total. The van der Waals surface area contributed by atoms with Gasteiger partial charge in [-0.15, -0.1) is 0 Å². The number of carboxylic acid groups (broad SMARTS) is 1. The van der Waals surface area contributed by atoms with Crippen molar-refractivity contribution in [2.24, 2.45) is 0 Å². The van der Waals surface area contributed by atoms with Crippen LogP contribution in [0.3, 0.4) is 0 Å². The highest BCUT2D eigenvalue weighted by Gasteiger charge is 2.13. The Morgan fingerprint density at radius 1 is 1.30 bits per heavy atom. The molecule has 0 aliphatic heterocycles. The summed E-state index contributed by atoms with van der Waals surface area (Å²) in [6, 6.07) is 11.6. The number of halogens is 2. The molecule has 2 aromatic rings. The number of benzene rings is 2. The SMILES string of the molecule is CC(CC(=O)O)c1ccc(F)c(-c2cccc(Cl)c2)c1. The van der Waals surface area contributed by atoms with E-state index in [1.807, 2.05) is 6.92 Å². The van der Waals surface area contributed by atoms with Crippen LogP contribution in [0, 0.1) is 5.82 Å². The Labute approximate surface area is 121 Å². The summed E-state index contributed by atoms with van der Waals surface area (Å²) in [5, 5.41) is 9.36. The summed E-state index contributed by atoms with van der Waals surface area (Å²) in [5.74, 6) is -1.39. The maximum atomic E-state index is 14.0. The molecular weight excluding hydrogens is 279 g/mol. The summed E-state index contributed by atoms with van der Waals surface area (Å²) < 4.78 is 14.0. The molecule has 2 rings (SSSR count). The largest absolute Gasteiger partial charge is 0.481 e. The Balaban J connectivity index is 2.41. The van der Waals surface area contributed by atoms with Gasteiger partial charge >= 0.3 is 5.97 Å². The lowest BCUT2D eigenvalue weighted by Crippen LogP contribution is -2.03. The smallest absolute Gasteiger partial charge is 0.303 e. The third-order valence-electron chi connectivity index (χ3n) is 3.18. The van der Waals surface area contributed by atoms with Gasteiger partial charge in [-0.25, -0.2) is 4.39 Å². The van der Waals surface area contributed by atoms with Crippen LogP contribution >= 0.6 is 11.6 Å². The zero-order chi connectivity index (χ0) is 14.7. The molecule has 0 spiro atoms. The Kier molecular flexibility index (Phi) is 4.40. The number of carboxylic acids is 1. The number of hydrogen-bond acceptors (Lipinski definition) is 1. The van der Waals surface area contributed by atoms with Crippen molar-refractivity contribution in [2.45, 2.75) is 19.3 Å². The maximum Gasteiger partial charge on any atom is 0.303 e. The van der Waals surface area contributed by atoms with Crippen LogP contribution in [-0.2, 0) is 4.79 Å². The van der Waals surface area contributed by atoms with Crippen LogP contribution in [-0.4, -0.2) is 11.1 Å². The second-order valence-corrected chi connectivity index (χ2v) is 5.18. The van der Waals surface area contributed by atoms with Gasteiger partial charge in [0, 0.05) is 10.6 Å². The highest BCUT2D eigenvalue weighted by atomic mass is 35.5. The first-order valence-electron chi connectivity index (χ1n) is 6.24. The first-order chi connectivity index (χ1) is 9.47. The zero-order valence-electron chi connectivity index (χ0n) is 10.9. The highest BCUT2D eigenvalue weighted by Crippen LogP contribution is 2.29. The molecule has 104 valence electrons. The average molecular weight is 293 g/mol. The molecule has 0 radical (unpaired) electrons. The normalized spacial score (nSPS) is 12.2. The van der Waals surface area contributed by atoms with Crippen LogP contribution in [0.15, 0.2) is 42.5 Å². The number of carbonyl (C=O) groups is 1. The van der Waals surface area contributed by atoms with Crippen molar-refractivity contribution < 1.29 is 14.3 Å². The van der Waals surface area contributed by atoms with E-state index in [0.29, 0.717) is 16.1 Å². The number of aliphatic carboxylic acids is 1. The van der Waals surface area contributed by atoms with Gasteiger partial charge in [0.2, 0.25) is 0 Å². The first kappa shape index (κ1) is 14.5. The van der Waals surface area contributed by atoms with Gasteiger partial charge in [0.25, 0.3) is 0 Å². The monoisotopic (exact) mass is 292 g/mol. The molecule has 0 saturated heterocycles. The van der Waals surface area contributed by atoms with Gasteiger partial charge in [-0.05, 0) is 41.3 Å². The van der Waals surface area contributed by atoms with E-state index in [0.717, 1.165) is 5.56 Å². The van der Waals surface area contributed by atoms with Gasteiger partial charge in [0.1, 0.15) is 5.82 Å². The molecule has 20 heavy (non-hydrogen) atoms. The molecule has 0 aliphatic carbocycles. The zero-order valence-corrected chi connectivity index (χ0v) is 11.7. The third-order valence-corrected chi connectivity index (χ3v) is 3.41. The van der Waals surface area contributed by atoms with Crippen molar-refractivity contribution in [1.82, 2.24) is 0 Å². The predicted molar refractivity (Wildman–Crippen MR) is 77.5 cm³/mol. The van der Waals surface area contributed by atoms with E-state index in [-0.39, 0.29) is 18.2 Å². The molecule has 1 unspecified atom stereocenters. The lowest BCUT2D eigenvalue weighted by molar-refractivity contribution is -0.137. The molecular formula is C16H14ClFO2. The fraction of sp³-hybridized carbons (Fsp3) is 0.188. The first-order valence-corrected chi connectivity index (χ1v) is 6.62. The van der Waals surface area contributed by atoms with Gasteiger partial charge < -0.3 is 5.11 Å². The maximum absolute atomic E-state index is 14.0. The minimum Gasteiger partial charge on any atom is -0.481 e. The summed E-state index contributed by atoms with van der Waals surface area (Å²) in [4.78, 5) is 10.8. The van der Waals surface area contributed by atoms with Crippen LogP contribution in [0.5, 0.6) is 0 Å². The van der Waals surface area contributed by atoms with Crippen molar-refractivity contribution in [3.8, 4) is 11.1 Å². The van der Waals surface area contributed by atoms with E-state index < -0.39 is 5.97 Å². The lowest BCUT2D eigenvalue weighted by atomic mass is 9.94. The van der Waals surface area contributed by atoms with Crippen molar-refractivity contribution >= 4 is 17.6 Å². The van der Waals surface area contributed by atoms with Crippen LogP contribution < -0.4 is 0 Å². The molecule has 0 aliphatic rings. The Bertz CT molecular complexity index is 640. The topological polar surface area (TPSA) is 37.3 Å². The van der Waals surface area contributed by atoms with E-state index >= 15 is 0 Å². The van der Waals surface area contributed by atoms with E-state index in [2.05, 4.69) is 0 Å². The van der Waals surface area contributed by atoms with Crippen LogP contribution in [0.2, 0.25) is 5.02 Å². The van der Waals surface area contributed by atoms with Gasteiger partial charge in [0.05, 0.1) is 6.42 Å². The summed E-state index contributed by atoms with van der Waals surface area (Å²) in [7, 11) is 0. The predicted octanol–water partition coefficient (Wildman–Crippen LogP) is 4.72. The highest BCUT2D eigenvalue weighted by molar-refractivity contribution is 6.30. The molecule has 0 saturated carbocycles. The van der Waals surface area contributed by atoms with Gasteiger partial charge in [-0.3, -0.25) is 4.79 Å². The summed E-state index contributed by atoms with van der Waals surface area (Å²) in [6.07, 6.45) is 0.0145. The minimum absolute atomic E-state index is 0.0145. The lowest BCUT2D eigenvalue weighted by Gasteiger charge is -2.12. The van der Waals surface area contributed by atoms with Crippen LogP contribution in [0.1, 0.15) is 24.8 Å². The molecule has 2 aromatic carbocycles. The number of rotatable bonds is 4. The second kappa shape index (κ2) is 6.06. The van der Waals surface area contributed by atoms with Gasteiger partial charge in [-0.2, -0.15) is 0 Å². The van der Waals surface area contributed by atoms with Crippen molar-refractivity contribution in [3.63, 3.8) is 0 Å². The van der Waals surface area contributed by atoms with E-state index in [1.165, 1.54) is 6.07 Å². The van der Waals surface area contributed by atoms with Gasteiger partial charge in [-0.1, -0.05) is 36.7 Å². The fourth-order valence-electron chi connectivity index (χ4n) is 2.11. The van der Waals surface area contributed by atoms with Crippen LogP contribution in [0.4, 0.5) is 4.39 Å². The van der Waals surface area contributed by atoms with Crippen molar-refractivity contribution in [1.29, 1.82) is 0 Å². The molecule has 1 N–H and O–H groups in total. The fourth-order valence-corrected chi connectivity index (χ4v) is 2.30.